The van der Waals surface area contributed by atoms with E-state index in [-0.39, 0.29) is 6.09 Å². The monoisotopic (exact) mass is 451 g/mol. The van der Waals surface area contributed by atoms with Crippen LogP contribution < -0.4 is 26.2 Å². The highest BCUT2D eigenvalue weighted by Crippen LogP contribution is 2.21. The Bertz CT molecular complexity index is 738. The van der Waals surface area contributed by atoms with Crippen LogP contribution in [-0.2, 0) is 9.47 Å². The van der Waals surface area contributed by atoms with Crippen molar-refractivity contribution in [1.29, 1.82) is 0 Å². The molecule has 0 aromatic carbocycles. The summed E-state index contributed by atoms with van der Waals surface area (Å²) in [7, 11) is 0. The van der Waals surface area contributed by atoms with E-state index in [1.165, 1.54) is 0 Å². The molecule has 4 N–H and O–H groups in total. The first-order valence-corrected chi connectivity index (χ1v) is 11.3. The van der Waals surface area contributed by atoms with Crippen LogP contribution in [-0.4, -0.2) is 110 Å². The molecule has 0 atom stereocenters. The van der Waals surface area contributed by atoms with Gasteiger partial charge in [-0.2, -0.15) is 15.0 Å². The second-order valence-corrected chi connectivity index (χ2v) is 8.85. The van der Waals surface area contributed by atoms with Crippen LogP contribution in [0.1, 0.15) is 20.8 Å². The second-order valence-electron chi connectivity index (χ2n) is 8.85. The van der Waals surface area contributed by atoms with Crippen LogP contribution in [0.2, 0.25) is 0 Å². The van der Waals surface area contributed by atoms with Crippen LogP contribution >= 0.6 is 0 Å². The van der Waals surface area contributed by atoms with Crippen LogP contribution in [0, 0.1) is 0 Å². The highest BCUT2D eigenvalue weighted by atomic mass is 16.6. The lowest BCUT2D eigenvalue weighted by molar-refractivity contribution is 0.0240. The molecule has 0 radical (unpaired) electrons. The van der Waals surface area contributed by atoms with Crippen molar-refractivity contribution in [3.05, 3.63) is 0 Å². The van der Waals surface area contributed by atoms with Crippen molar-refractivity contribution in [3.8, 4) is 0 Å². The van der Waals surface area contributed by atoms with E-state index in [1.807, 2.05) is 25.7 Å². The minimum Gasteiger partial charge on any atom is -0.444 e. The highest BCUT2D eigenvalue weighted by molar-refractivity contribution is 5.68. The molecule has 0 aliphatic carbocycles. The van der Waals surface area contributed by atoms with E-state index < -0.39 is 5.60 Å². The summed E-state index contributed by atoms with van der Waals surface area (Å²) in [4.78, 5) is 34.5. The van der Waals surface area contributed by atoms with Gasteiger partial charge in [-0.15, -0.1) is 0 Å². The number of ether oxygens (including phenoxy) is 2. The molecule has 1 amide bonds. The summed E-state index contributed by atoms with van der Waals surface area (Å²) in [5.41, 5.74) is 11.1. The molecule has 0 saturated carbocycles. The van der Waals surface area contributed by atoms with Gasteiger partial charge in [-0.25, -0.2) is 4.79 Å². The van der Waals surface area contributed by atoms with E-state index in [9.17, 15) is 4.79 Å². The zero-order valence-electron chi connectivity index (χ0n) is 19.5. The number of carbonyl (C=O) groups is 1. The average Bonchev–Trinajstić information content (AvgIpc) is 2.78. The summed E-state index contributed by atoms with van der Waals surface area (Å²) < 4.78 is 11.0. The molecule has 0 bridgehead atoms. The zero-order valence-corrected chi connectivity index (χ0v) is 19.5. The average molecular weight is 452 g/mol. The van der Waals surface area contributed by atoms with Crippen LogP contribution in [0.5, 0.6) is 0 Å². The molecule has 3 heterocycles. The van der Waals surface area contributed by atoms with Crippen molar-refractivity contribution in [2.45, 2.75) is 26.4 Å². The fraction of sp³-hybridized carbons (Fsp3) is 0.800. The van der Waals surface area contributed by atoms with Crippen molar-refractivity contribution in [2.75, 3.05) is 93.4 Å². The molecule has 0 spiro atoms. The van der Waals surface area contributed by atoms with Gasteiger partial charge >= 0.3 is 6.09 Å². The predicted octanol–water partition coefficient (Wildman–Crippen LogP) is -0.511. The summed E-state index contributed by atoms with van der Waals surface area (Å²) in [6, 6.07) is 0. The maximum Gasteiger partial charge on any atom is 0.410 e. The van der Waals surface area contributed by atoms with E-state index in [2.05, 4.69) is 9.80 Å². The Kier molecular flexibility index (Phi) is 8.26. The van der Waals surface area contributed by atoms with Crippen LogP contribution in [0.4, 0.5) is 22.6 Å². The molecule has 3 rings (SSSR count). The van der Waals surface area contributed by atoms with Crippen molar-refractivity contribution >= 4 is 23.9 Å². The maximum absolute atomic E-state index is 12.4. The minimum absolute atomic E-state index is 0.292. The summed E-state index contributed by atoms with van der Waals surface area (Å²) in [5, 5.41) is 0. The van der Waals surface area contributed by atoms with E-state index >= 15 is 0 Å². The number of carbonyl (C=O) groups excluding carboxylic acids is 1. The fourth-order valence-corrected chi connectivity index (χ4v) is 3.57. The van der Waals surface area contributed by atoms with E-state index in [1.54, 1.807) is 4.90 Å². The number of piperazine rings is 1. The van der Waals surface area contributed by atoms with Gasteiger partial charge in [0, 0.05) is 65.4 Å². The van der Waals surface area contributed by atoms with Gasteiger partial charge in [0.1, 0.15) is 5.60 Å². The molecule has 0 unspecified atom stereocenters. The molecule has 2 aliphatic heterocycles. The third kappa shape index (κ3) is 6.53. The first-order chi connectivity index (χ1) is 15.3. The Morgan fingerprint density at radius 1 is 0.938 bits per heavy atom. The Morgan fingerprint density at radius 3 is 1.97 bits per heavy atom. The molecule has 1 aromatic heterocycles. The molecule has 1 aromatic rings. The molecule has 12 heteroatoms. The topological polar surface area (TPSA) is 139 Å². The Morgan fingerprint density at radius 2 is 1.47 bits per heavy atom. The normalized spacial score (nSPS) is 17.5. The Labute approximate surface area is 189 Å². The Balaban J connectivity index is 1.79. The van der Waals surface area contributed by atoms with Crippen molar-refractivity contribution in [1.82, 2.24) is 19.9 Å². The number of anilines is 3. The molecule has 2 fully saturated rings. The van der Waals surface area contributed by atoms with Crippen LogP contribution in [0.3, 0.4) is 0 Å². The number of nitrogens with two attached hydrogens (primary N) is 2. The summed E-state index contributed by atoms with van der Waals surface area (Å²) in [6.07, 6.45) is -0.292. The molecule has 180 valence electrons. The second kappa shape index (κ2) is 10.9. The van der Waals surface area contributed by atoms with Gasteiger partial charge in [0.05, 0.1) is 13.2 Å². The quantitative estimate of drug-likeness (QED) is 0.554. The standard InChI is InChI=1S/C20H37N9O3/c1-20(2,3)32-19(30)29-10-8-27(9-11-29)17-23-16(26(6-4-21)7-5-22)24-18(25-17)28-12-14-31-15-13-28/h4-15,21-22H2,1-3H3. The minimum atomic E-state index is -0.514. The smallest absolute Gasteiger partial charge is 0.410 e. The fourth-order valence-electron chi connectivity index (χ4n) is 3.57. The number of amides is 1. The molecular weight excluding hydrogens is 414 g/mol. The Hall–Kier alpha value is -2.44. The number of morpholine rings is 1. The summed E-state index contributed by atoms with van der Waals surface area (Å²) in [5.74, 6) is 1.79. The van der Waals surface area contributed by atoms with Gasteiger partial charge in [0.15, 0.2) is 0 Å². The van der Waals surface area contributed by atoms with Crippen molar-refractivity contribution < 1.29 is 14.3 Å². The number of rotatable bonds is 7. The van der Waals surface area contributed by atoms with Gasteiger partial charge in [-0.05, 0) is 20.8 Å². The van der Waals surface area contributed by atoms with Crippen molar-refractivity contribution in [3.63, 3.8) is 0 Å². The third-order valence-electron chi connectivity index (χ3n) is 5.19. The van der Waals surface area contributed by atoms with Gasteiger partial charge in [-0.1, -0.05) is 0 Å². The number of nitrogens with zero attached hydrogens (tertiary/aromatic N) is 7. The first-order valence-electron chi connectivity index (χ1n) is 11.3. The molecule has 2 aliphatic rings. The number of hydrogen-bond acceptors (Lipinski definition) is 11. The first kappa shape index (κ1) is 24.2. The lowest BCUT2D eigenvalue weighted by atomic mass is 10.2. The van der Waals surface area contributed by atoms with Crippen LogP contribution in [0.15, 0.2) is 0 Å². The maximum atomic E-state index is 12.4. The van der Waals surface area contributed by atoms with E-state index in [0.29, 0.717) is 83.4 Å². The third-order valence-corrected chi connectivity index (χ3v) is 5.19. The van der Waals surface area contributed by atoms with E-state index in [4.69, 9.17) is 35.9 Å². The molecule has 32 heavy (non-hydrogen) atoms. The van der Waals surface area contributed by atoms with Gasteiger partial charge in [0.2, 0.25) is 17.8 Å². The largest absolute Gasteiger partial charge is 0.444 e. The number of aromatic nitrogens is 3. The molecular formula is C20H37N9O3. The molecule has 12 nitrogen and oxygen atoms in total. The molecule has 2 saturated heterocycles. The van der Waals surface area contributed by atoms with Gasteiger partial charge in [0.25, 0.3) is 0 Å². The number of hydrogen-bond donors (Lipinski definition) is 2. The zero-order chi connectivity index (χ0) is 23.1. The van der Waals surface area contributed by atoms with Gasteiger partial charge in [-0.3, -0.25) is 0 Å². The van der Waals surface area contributed by atoms with Gasteiger partial charge < -0.3 is 40.5 Å². The lowest BCUT2D eigenvalue weighted by Crippen LogP contribution is -2.50. The summed E-state index contributed by atoms with van der Waals surface area (Å²) in [6.45, 7) is 12.8. The predicted molar refractivity (Wildman–Crippen MR) is 123 cm³/mol. The SMILES string of the molecule is CC(C)(C)OC(=O)N1CCN(c2nc(N(CCN)CCN)nc(N3CCOCC3)n2)CC1. The van der Waals surface area contributed by atoms with Crippen LogP contribution in [0.25, 0.3) is 0 Å². The highest BCUT2D eigenvalue weighted by Gasteiger charge is 2.28. The van der Waals surface area contributed by atoms with Crippen molar-refractivity contribution in [2.24, 2.45) is 11.5 Å². The lowest BCUT2D eigenvalue weighted by Gasteiger charge is -2.36. The summed E-state index contributed by atoms with van der Waals surface area (Å²) >= 11 is 0. The van der Waals surface area contributed by atoms with E-state index in [0.717, 1.165) is 13.1 Å².